The lowest BCUT2D eigenvalue weighted by molar-refractivity contribution is 1.18. The Morgan fingerprint density at radius 2 is 1.88 bits per heavy atom. The van der Waals surface area contributed by atoms with Crippen LogP contribution in [0.2, 0.25) is 0 Å². The summed E-state index contributed by atoms with van der Waals surface area (Å²) in [6.07, 6.45) is 0.955. The van der Waals surface area contributed by atoms with Crippen LogP contribution in [0.1, 0.15) is 11.1 Å². The van der Waals surface area contributed by atoms with E-state index < -0.39 is 0 Å². The van der Waals surface area contributed by atoms with E-state index in [9.17, 15) is 0 Å². The summed E-state index contributed by atoms with van der Waals surface area (Å²) < 4.78 is 1.17. The molecule has 0 aromatic heterocycles. The SMILES string of the molecule is CNc1cccc(Cc2ccccc2Br)c1. The van der Waals surface area contributed by atoms with E-state index in [0.717, 1.165) is 12.1 Å². The molecule has 2 aromatic carbocycles. The molecular formula is C14H14BrN. The van der Waals surface area contributed by atoms with Crippen LogP contribution in [0, 0.1) is 0 Å². The summed E-state index contributed by atoms with van der Waals surface area (Å²) >= 11 is 3.57. The third kappa shape index (κ3) is 2.64. The number of rotatable bonds is 3. The van der Waals surface area contributed by atoms with E-state index in [1.807, 2.05) is 13.1 Å². The number of halogens is 1. The molecule has 0 saturated carbocycles. The molecule has 2 aromatic rings. The maximum Gasteiger partial charge on any atom is 0.0340 e. The van der Waals surface area contributed by atoms with Crippen LogP contribution in [-0.4, -0.2) is 7.05 Å². The average molecular weight is 276 g/mol. The third-order valence-electron chi connectivity index (χ3n) is 2.57. The normalized spacial score (nSPS) is 10.1. The molecule has 0 amide bonds. The van der Waals surface area contributed by atoms with Gasteiger partial charge in [-0.1, -0.05) is 46.3 Å². The highest BCUT2D eigenvalue weighted by Crippen LogP contribution is 2.20. The minimum Gasteiger partial charge on any atom is -0.388 e. The van der Waals surface area contributed by atoms with Gasteiger partial charge in [0.1, 0.15) is 0 Å². The Bertz CT molecular complexity index is 480. The van der Waals surface area contributed by atoms with Crippen LogP contribution in [0.3, 0.4) is 0 Å². The predicted octanol–water partition coefficient (Wildman–Crippen LogP) is 4.08. The lowest BCUT2D eigenvalue weighted by Gasteiger charge is -2.06. The minimum atomic E-state index is 0.955. The standard InChI is InChI=1S/C14H14BrN/c1-16-13-7-4-5-11(10-13)9-12-6-2-3-8-14(12)15/h2-8,10,16H,9H2,1H3. The molecule has 0 atom stereocenters. The van der Waals surface area contributed by atoms with Gasteiger partial charge in [-0.3, -0.25) is 0 Å². The van der Waals surface area contributed by atoms with E-state index >= 15 is 0 Å². The molecule has 1 nitrogen and oxygen atoms in total. The summed E-state index contributed by atoms with van der Waals surface area (Å²) in [6, 6.07) is 16.8. The van der Waals surface area contributed by atoms with Crippen molar-refractivity contribution in [1.82, 2.24) is 0 Å². The van der Waals surface area contributed by atoms with Gasteiger partial charge in [-0.05, 0) is 35.7 Å². The van der Waals surface area contributed by atoms with E-state index in [0.29, 0.717) is 0 Å². The Hall–Kier alpha value is -1.28. The first-order valence-electron chi connectivity index (χ1n) is 5.29. The number of benzene rings is 2. The molecule has 1 N–H and O–H groups in total. The molecule has 0 aliphatic heterocycles. The highest BCUT2D eigenvalue weighted by molar-refractivity contribution is 9.10. The summed E-state index contributed by atoms with van der Waals surface area (Å²) in [6.45, 7) is 0. The van der Waals surface area contributed by atoms with Crippen molar-refractivity contribution in [3.8, 4) is 0 Å². The summed E-state index contributed by atoms with van der Waals surface area (Å²) in [5.74, 6) is 0. The highest BCUT2D eigenvalue weighted by atomic mass is 79.9. The Morgan fingerprint density at radius 1 is 1.06 bits per heavy atom. The van der Waals surface area contributed by atoms with E-state index in [-0.39, 0.29) is 0 Å². The Labute approximate surface area is 105 Å². The van der Waals surface area contributed by atoms with E-state index in [1.54, 1.807) is 0 Å². The molecule has 0 saturated heterocycles. The first kappa shape index (κ1) is 11.2. The minimum absolute atomic E-state index is 0.955. The van der Waals surface area contributed by atoms with Crippen LogP contribution >= 0.6 is 15.9 Å². The first-order valence-corrected chi connectivity index (χ1v) is 6.09. The quantitative estimate of drug-likeness (QED) is 0.890. The fourth-order valence-electron chi connectivity index (χ4n) is 1.70. The van der Waals surface area contributed by atoms with E-state index in [4.69, 9.17) is 0 Å². The summed E-state index contributed by atoms with van der Waals surface area (Å²) in [4.78, 5) is 0. The zero-order chi connectivity index (χ0) is 11.4. The summed E-state index contributed by atoms with van der Waals surface area (Å²) in [5.41, 5.74) is 3.79. The molecule has 0 heterocycles. The second-order valence-electron chi connectivity index (χ2n) is 3.72. The van der Waals surface area contributed by atoms with Crippen molar-refractivity contribution in [3.63, 3.8) is 0 Å². The zero-order valence-electron chi connectivity index (χ0n) is 9.20. The number of hydrogen-bond donors (Lipinski definition) is 1. The molecule has 0 bridgehead atoms. The molecule has 0 spiro atoms. The smallest absolute Gasteiger partial charge is 0.0340 e. The zero-order valence-corrected chi connectivity index (χ0v) is 10.8. The molecular weight excluding hydrogens is 262 g/mol. The van der Waals surface area contributed by atoms with Gasteiger partial charge < -0.3 is 5.32 Å². The van der Waals surface area contributed by atoms with Crippen LogP contribution in [0.15, 0.2) is 53.0 Å². The molecule has 0 aliphatic carbocycles. The number of hydrogen-bond acceptors (Lipinski definition) is 1. The lowest BCUT2D eigenvalue weighted by Crippen LogP contribution is -1.92. The first-order chi connectivity index (χ1) is 7.79. The van der Waals surface area contributed by atoms with Gasteiger partial charge in [0.05, 0.1) is 0 Å². The van der Waals surface area contributed by atoms with Gasteiger partial charge in [0.2, 0.25) is 0 Å². The van der Waals surface area contributed by atoms with Gasteiger partial charge in [-0.25, -0.2) is 0 Å². The molecule has 0 fully saturated rings. The van der Waals surface area contributed by atoms with Gasteiger partial charge in [0, 0.05) is 17.2 Å². The van der Waals surface area contributed by atoms with Crippen LogP contribution in [0.4, 0.5) is 5.69 Å². The highest BCUT2D eigenvalue weighted by Gasteiger charge is 2.00. The molecule has 2 heteroatoms. The number of anilines is 1. The molecule has 0 unspecified atom stereocenters. The van der Waals surface area contributed by atoms with Gasteiger partial charge in [0.15, 0.2) is 0 Å². The molecule has 16 heavy (non-hydrogen) atoms. The van der Waals surface area contributed by atoms with Gasteiger partial charge in [-0.15, -0.1) is 0 Å². The largest absolute Gasteiger partial charge is 0.388 e. The average Bonchev–Trinajstić information content (AvgIpc) is 2.32. The van der Waals surface area contributed by atoms with Crippen LogP contribution in [0.5, 0.6) is 0 Å². The van der Waals surface area contributed by atoms with Crippen LogP contribution in [0.25, 0.3) is 0 Å². The fraction of sp³-hybridized carbons (Fsp3) is 0.143. The molecule has 82 valence electrons. The lowest BCUT2D eigenvalue weighted by atomic mass is 10.0. The maximum atomic E-state index is 3.57. The van der Waals surface area contributed by atoms with Crippen LogP contribution in [-0.2, 0) is 6.42 Å². The maximum absolute atomic E-state index is 3.57. The second kappa shape index (κ2) is 5.17. The van der Waals surface area contributed by atoms with E-state index in [2.05, 4.69) is 63.7 Å². The van der Waals surface area contributed by atoms with Crippen molar-refractivity contribution < 1.29 is 0 Å². The predicted molar refractivity (Wildman–Crippen MR) is 72.9 cm³/mol. The molecule has 0 aliphatic rings. The fourth-order valence-corrected chi connectivity index (χ4v) is 2.12. The van der Waals surface area contributed by atoms with Gasteiger partial charge >= 0.3 is 0 Å². The molecule has 0 radical (unpaired) electrons. The van der Waals surface area contributed by atoms with Crippen molar-refractivity contribution in [3.05, 3.63) is 64.1 Å². The Balaban J connectivity index is 2.24. The van der Waals surface area contributed by atoms with Crippen molar-refractivity contribution in [2.24, 2.45) is 0 Å². The monoisotopic (exact) mass is 275 g/mol. The van der Waals surface area contributed by atoms with Crippen molar-refractivity contribution in [1.29, 1.82) is 0 Å². The van der Waals surface area contributed by atoms with Crippen molar-refractivity contribution in [2.75, 3.05) is 12.4 Å². The van der Waals surface area contributed by atoms with Crippen molar-refractivity contribution >= 4 is 21.6 Å². The van der Waals surface area contributed by atoms with Crippen molar-refractivity contribution in [2.45, 2.75) is 6.42 Å². The Morgan fingerprint density at radius 3 is 2.62 bits per heavy atom. The van der Waals surface area contributed by atoms with Gasteiger partial charge in [-0.2, -0.15) is 0 Å². The second-order valence-corrected chi connectivity index (χ2v) is 4.57. The van der Waals surface area contributed by atoms with Gasteiger partial charge in [0.25, 0.3) is 0 Å². The third-order valence-corrected chi connectivity index (χ3v) is 3.34. The number of nitrogens with one attached hydrogen (secondary N) is 1. The summed E-state index contributed by atoms with van der Waals surface area (Å²) in [5, 5.41) is 3.16. The summed E-state index contributed by atoms with van der Waals surface area (Å²) in [7, 11) is 1.94. The Kier molecular flexibility index (Phi) is 3.62. The van der Waals surface area contributed by atoms with Crippen LogP contribution < -0.4 is 5.32 Å². The topological polar surface area (TPSA) is 12.0 Å². The molecule has 2 rings (SSSR count). The van der Waals surface area contributed by atoms with E-state index in [1.165, 1.54) is 15.6 Å².